The summed E-state index contributed by atoms with van der Waals surface area (Å²) in [5.41, 5.74) is 0.910. The number of fused-ring (bicyclic) bond motifs is 1. The summed E-state index contributed by atoms with van der Waals surface area (Å²) in [4.78, 5) is 20.2. The molecular formula is C19H13N3O4. The predicted molar refractivity (Wildman–Crippen MR) is 94.4 cm³/mol. The lowest BCUT2D eigenvalue weighted by atomic mass is 10.3. The molecule has 2 aromatic carbocycles. The van der Waals surface area contributed by atoms with Crippen LogP contribution < -0.4 is 10.1 Å². The first-order valence-electron chi connectivity index (χ1n) is 7.78. The summed E-state index contributed by atoms with van der Waals surface area (Å²) in [5, 5.41) is 12.2. The van der Waals surface area contributed by atoms with Crippen molar-refractivity contribution in [1.82, 2.24) is 9.97 Å². The number of ether oxygens (including phenoxy) is 1. The van der Waals surface area contributed by atoms with Crippen LogP contribution in [0.4, 0.5) is 6.01 Å². The Morgan fingerprint density at radius 2 is 1.88 bits per heavy atom. The molecule has 0 aliphatic heterocycles. The Bertz CT molecular complexity index is 1080. The van der Waals surface area contributed by atoms with Crippen molar-refractivity contribution in [3.8, 4) is 17.2 Å². The van der Waals surface area contributed by atoms with Gasteiger partial charge in [-0.2, -0.15) is 4.98 Å². The maximum Gasteiger partial charge on any atom is 0.302 e. The van der Waals surface area contributed by atoms with E-state index in [9.17, 15) is 9.90 Å². The van der Waals surface area contributed by atoms with Crippen molar-refractivity contribution < 1.29 is 19.1 Å². The van der Waals surface area contributed by atoms with Crippen molar-refractivity contribution >= 4 is 23.0 Å². The molecule has 128 valence electrons. The number of benzene rings is 2. The van der Waals surface area contributed by atoms with Gasteiger partial charge in [0.05, 0.1) is 0 Å². The topological polar surface area (TPSA) is 97.5 Å². The molecule has 0 atom stereocenters. The van der Waals surface area contributed by atoms with Crippen LogP contribution in [0.5, 0.6) is 17.2 Å². The van der Waals surface area contributed by atoms with E-state index in [1.165, 1.54) is 18.3 Å². The van der Waals surface area contributed by atoms with Gasteiger partial charge >= 0.3 is 6.01 Å². The van der Waals surface area contributed by atoms with Crippen LogP contribution in [0.25, 0.3) is 11.1 Å². The number of carbonyl (C=O) groups is 1. The predicted octanol–water partition coefficient (Wildman–Crippen LogP) is 3.97. The fourth-order valence-corrected chi connectivity index (χ4v) is 2.37. The number of hydrogen-bond acceptors (Lipinski definition) is 6. The van der Waals surface area contributed by atoms with Gasteiger partial charge in [-0.1, -0.05) is 18.2 Å². The highest BCUT2D eigenvalue weighted by atomic mass is 16.5. The first-order valence-corrected chi connectivity index (χ1v) is 7.78. The molecule has 7 heteroatoms. The molecule has 2 N–H and O–H groups in total. The van der Waals surface area contributed by atoms with Gasteiger partial charge < -0.3 is 14.3 Å². The molecule has 0 fully saturated rings. The highest BCUT2D eigenvalue weighted by molar-refractivity contribution is 6.03. The second-order valence-electron chi connectivity index (χ2n) is 5.39. The summed E-state index contributed by atoms with van der Waals surface area (Å²) >= 11 is 0. The minimum Gasteiger partial charge on any atom is -0.505 e. The third kappa shape index (κ3) is 3.18. The second-order valence-corrected chi connectivity index (χ2v) is 5.39. The van der Waals surface area contributed by atoms with Gasteiger partial charge in [0.15, 0.2) is 11.3 Å². The normalized spacial score (nSPS) is 10.6. The Balaban J connectivity index is 1.56. The van der Waals surface area contributed by atoms with E-state index in [0.29, 0.717) is 22.6 Å². The van der Waals surface area contributed by atoms with E-state index >= 15 is 0 Å². The summed E-state index contributed by atoms with van der Waals surface area (Å²) in [5.74, 6) is 0.445. The number of aromatic nitrogens is 2. The molecule has 1 amide bonds. The zero-order valence-corrected chi connectivity index (χ0v) is 13.4. The van der Waals surface area contributed by atoms with E-state index in [1.54, 1.807) is 18.2 Å². The summed E-state index contributed by atoms with van der Waals surface area (Å²) in [6.07, 6.45) is 1.41. The third-order valence-electron chi connectivity index (χ3n) is 3.56. The summed E-state index contributed by atoms with van der Waals surface area (Å²) in [6.45, 7) is 0. The van der Waals surface area contributed by atoms with Gasteiger partial charge in [-0.3, -0.25) is 10.1 Å². The summed E-state index contributed by atoms with van der Waals surface area (Å²) in [6, 6.07) is 17.4. The summed E-state index contributed by atoms with van der Waals surface area (Å²) in [7, 11) is 0. The zero-order valence-electron chi connectivity index (χ0n) is 13.4. The van der Waals surface area contributed by atoms with Gasteiger partial charge in [-0.05, 0) is 36.4 Å². The first kappa shape index (κ1) is 15.6. The lowest BCUT2D eigenvalue weighted by molar-refractivity contribution is 0.101. The van der Waals surface area contributed by atoms with E-state index in [0.717, 1.165) is 0 Å². The second kappa shape index (κ2) is 6.56. The molecule has 2 aromatic heterocycles. The average molecular weight is 347 g/mol. The van der Waals surface area contributed by atoms with Crippen molar-refractivity contribution in [2.75, 3.05) is 5.32 Å². The molecule has 0 radical (unpaired) electrons. The molecule has 0 aliphatic carbocycles. The minimum absolute atomic E-state index is 0.00640. The highest BCUT2D eigenvalue weighted by Crippen LogP contribution is 2.27. The van der Waals surface area contributed by atoms with Crippen LogP contribution in [0.2, 0.25) is 0 Å². The maximum absolute atomic E-state index is 12.2. The fraction of sp³-hybridized carbons (Fsp3) is 0. The number of pyridine rings is 1. The highest BCUT2D eigenvalue weighted by Gasteiger charge is 2.16. The number of oxazole rings is 1. The van der Waals surface area contributed by atoms with Gasteiger partial charge in [0.1, 0.15) is 22.8 Å². The quantitative estimate of drug-likeness (QED) is 0.580. The van der Waals surface area contributed by atoms with Crippen molar-refractivity contribution in [3.63, 3.8) is 0 Å². The van der Waals surface area contributed by atoms with Crippen LogP contribution in [0.15, 0.2) is 71.3 Å². The zero-order chi connectivity index (χ0) is 17.9. The molecule has 0 aliphatic rings. The van der Waals surface area contributed by atoms with Gasteiger partial charge in [-0.15, -0.1) is 0 Å². The number of anilines is 1. The molecule has 0 unspecified atom stereocenters. The van der Waals surface area contributed by atoms with Crippen LogP contribution in [-0.2, 0) is 0 Å². The number of aromatic hydroxyl groups is 1. The molecule has 0 saturated carbocycles. The van der Waals surface area contributed by atoms with Gasteiger partial charge in [-0.25, -0.2) is 4.98 Å². The molecule has 2 heterocycles. The summed E-state index contributed by atoms with van der Waals surface area (Å²) < 4.78 is 11.3. The maximum atomic E-state index is 12.2. The molecule has 7 nitrogen and oxygen atoms in total. The Labute approximate surface area is 147 Å². The smallest absolute Gasteiger partial charge is 0.302 e. The van der Waals surface area contributed by atoms with Crippen molar-refractivity contribution in [3.05, 3.63) is 72.6 Å². The number of nitrogens with zero attached hydrogens (tertiary/aromatic N) is 2. The van der Waals surface area contributed by atoms with Gasteiger partial charge in [0.25, 0.3) is 5.91 Å². The number of rotatable bonds is 4. The molecule has 0 bridgehead atoms. The molecule has 4 rings (SSSR count). The molecule has 26 heavy (non-hydrogen) atoms. The first-order chi connectivity index (χ1) is 12.7. The van der Waals surface area contributed by atoms with Crippen LogP contribution in [-0.4, -0.2) is 21.0 Å². The third-order valence-corrected chi connectivity index (χ3v) is 3.56. The standard InChI is InChI=1S/C19H13N3O4/c23-15-7-4-10-20-17(15)18(24)22-19-21-14-9-8-13(11-16(14)26-19)25-12-5-2-1-3-6-12/h1-11,23H,(H,21,22,24). The van der Waals surface area contributed by atoms with E-state index in [-0.39, 0.29) is 17.5 Å². The Morgan fingerprint density at radius 3 is 2.69 bits per heavy atom. The van der Waals surface area contributed by atoms with Crippen molar-refractivity contribution in [2.45, 2.75) is 0 Å². The van der Waals surface area contributed by atoms with E-state index in [2.05, 4.69) is 15.3 Å². The van der Waals surface area contributed by atoms with Crippen molar-refractivity contribution in [2.24, 2.45) is 0 Å². The van der Waals surface area contributed by atoms with Crippen LogP contribution >= 0.6 is 0 Å². The molecule has 0 saturated heterocycles. The number of para-hydroxylation sites is 1. The monoisotopic (exact) mass is 347 g/mol. The van der Waals surface area contributed by atoms with E-state index in [1.807, 2.05) is 30.3 Å². The fourth-order valence-electron chi connectivity index (χ4n) is 2.37. The van der Waals surface area contributed by atoms with E-state index < -0.39 is 5.91 Å². The largest absolute Gasteiger partial charge is 0.505 e. The van der Waals surface area contributed by atoms with Gasteiger partial charge in [0.2, 0.25) is 0 Å². The van der Waals surface area contributed by atoms with Crippen molar-refractivity contribution in [1.29, 1.82) is 0 Å². The minimum atomic E-state index is -0.615. The number of nitrogens with one attached hydrogen (secondary N) is 1. The Hall–Kier alpha value is -3.87. The molecular weight excluding hydrogens is 334 g/mol. The van der Waals surface area contributed by atoms with Crippen LogP contribution in [0.1, 0.15) is 10.5 Å². The average Bonchev–Trinajstić information content (AvgIpc) is 3.04. The lowest BCUT2D eigenvalue weighted by Gasteiger charge is -2.04. The van der Waals surface area contributed by atoms with Crippen LogP contribution in [0, 0.1) is 0 Å². The SMILES string of the molecule is O=C(Nc1nc2ccc(Oc3ccccc3)cc2o1)c1ncccc1O. The Kier molecular flexibility index (Phi) is 3.95. The molecule has 4 aromatic rings. The Morgan fingerprint density at radius 1 is 1.04 bits per heavy atom. The number of amides is 1. The van der Waals surface area contributed by atoms with Gasteiger partial charge in [0, 0.05) is 12.3 Å². The lowest BCUT2D eigenvalue weighted by Crippen LogP contribution is -2.13. The van der Waals surface area contributed by atoms with E-state index in [4.69, 9.17) is 9.15 Å². The van der Waals surface area contributed by atoms with Crippen LogP contribution in [0.3, 0.4) is 0 Å². The molecule has 0 spiro atoms. The number of hydrogen-bond donors (Lipinski definition) is 2. The number of carbonyl (C=O) groups excluding carboxylic acids is 1.